The molecular formula is C16H31N3O3. The number of hydrazine groups is 1. The van der Waals surface area contributed by atoms with Crippen molar-refractivity contribution in [3.05, 3.63) is 0 Å². The molecule has 1 unspecified atom stereocenters. The van der Waals surface area contributed by atoms with Gasteiger partial charge in [0, 0.05) is 32.1 Å². The predicted molar refractivity (Wildman–Crippen MR) is 86.3 cm³/mol. The number of hydrogen-bond donors (Lipinski definition) is 1. The molecular weight excluding hydrogens is 282 g/mol. The summed E-state index contributed by atoms with van der Waals surface area (Å²) in [5.41, 5.74) is 2.76. The highest BCUT2D eigenvalue weighted by molar-refractivity contribution is 5.76. The fraction of sp³-hybridized carbons (Fsp3) is 0.875. The Balaban J connectivity index is 2.38. The minimum absolute atomic E-state index is 0.138. The molecule has 6 nitrogen and oxygen atoms in total. The van der Waals surface area contributed by atoms with Crippen molar-refractivity contribution in [1.29, 1.82) is 0 Å². The van der Waals surface area contributed by atoms with E-state index >= 15 is 0 Å². The van der Waals surface area contributed by atoms with E-state index in [1.54, 1.807) is 9.91 Å². The maximum Gasteiger partial charge on any atom is 0.410 e. The van der Waals surface area contributed by atoms with Gasteiger partial charge in [0.1, 0.15) is 5.60 Å². The summed E-state index contributed by atoms with van der Waals surface area (Å²) in [7, 11) is 0. The van der Waals surface area contributed by atoms with E-state index in [4.69, 9.17) is 4.74 Å². The Morgan fingerprint density at radius 3 is 2.64 bits per heavy atom. The van der Waals surface area contributed by atoms with Crippen molar-refractivity contribution >= 4 is 12.0 Å². The molecule has 0 aliphatic carbocycles. The number of nitrogens with zero attached hydrogens (tertiary/aromatic N) is 2. The van der Waals surface area contributed by atoms with Gasteiger partial charge in [-0.25, -0.2) is 10.2 Å². The molecule has 0 radical (unpaired) electrons. The Hall–Kier alpha value is -1.30. The van der Waals surface area contributed by atoms with E-state index < -0.39 is 5.60 Å². The molecule has 128 valence electrons. The monoisotopic (exact) mass is 313 g/mol. The van der Waals surface area contributed by atoms with Crippen LogP contribution in [0.15, 0.2) is 0 Å². The largest absolute Gasteiger partial charge is 0.444 e. The van der Waals surface area contributed by atoms with Crippen molar-refractivity contribution in [2.75, 3.05) is 19.6 Å². The van der Waals surface area contributed by atoms with Gasteiger partial charge < -0.3 is 9.64 Å². The number of carbonyl (C=O) groups is 2. The number of hydrogen-bond acceptors (Lipinski definition) is 4. The van der Waals surface area contributed by atoms with Crippen molar-refractivity contribution in [2.45, 2.75) is 71.9 Å². The molecule has 6 heteroatoms. The predicted octanol–water partition coefficient (Wildman–Crippen LogP) is 2.54. The molecule has 0 saturated carbocycles. The van der Waals surface area contributed by atoms with Crippen LogP contribution in [-0.2, 0) is 9.53 Å². The molecule has 1 fully saturated rings. The maximum atomic E-state index is 12.1. The summed E-state index contributed by atoms with van der Waals surface area (Å²) < 4.78 is 5.39. The number of rotatable bonds is 6. The van der Waals surface area contributed by atoms with Crippen LogP contribution in [0.2, 0.25) is 0 Å². The van der Waals surface area contributed by atoms with Gasteiger partial charge in [-0.2, -0.15) is 0 Å². The van der Waals surface area contributed by atoms with Gasteiger partial charge in [0.15, 0.2) is 0 Å². The second-order valence-electron chi connectivity index (χ2n) is 6.88. The molecule has 0 aromatic carbocycles. The van der Waals surface area contributed by atoms with Crippen LogP contribution >= 0.6 is 0 Å². The van der Waals surface area contributed by atoms with Crippen LogP contribution in [0.1, 0.15) is 60.3 Å². The summed E-state index contributed by atoms with van der Waals surface area (Å²) in [6.07, 6.45) is 3.14. The first-order valence-corrected chi connectivity index (χ1v) is 8.27. The third-order valence-corrected chi connectivity index (χ3v) is 3.57. The van der Waals surface area contributed by atoms with E-state index in [-0.39, 0.29) is 18.0 Å². The molecule has 1 aliphatic heterocycles. The minimum atomic E-state index is -0.478. The van der Waals surface area contributed by atoms with Crippen molar-refractivity contribution in [3.63, 3.8) is 0 Å². The molecule has 1 heterocycles. The lowest BCUT2D eigenvalue weighted by atomic mass is 10.1. The van der Waals surface area contributed by atoms with Crippen LogP contribution in [0.5, 0.6) is 0 Å². The highest BCUT2D eigenvalue weighted by Gasteiger charge is 2.23. The van der Waals surface area contributed by atoms with Crippen LogP contribution in [0.3, 0.4) is 0 Å². The van der Waals surface area contributed by atoms with Gasteiger partial charge in [-0.1, -0.05) is 0 Å². The number of amides is 2. The second-order valence-corrected chi connectivity index (χ2v) is 6.88. The molecule has 0 aromatic rings. The van der Waals surface area contributed by atoms with Crippen molar-refractivity contribution in [2.24, 2.45) is 0 Å². The van der Waals surface area contributed by atoms with Gasteiger partial charge in [-0.15, -0.1) is 0 Å². The van der Waals surface area contributed by atoms with E-state index in [0.717, 1.165) is 25.8 Å². The molecule has 1 rings (SSSR count). The Labute approximate surface area is 134 Å². The zero-order valence-electron chi connectivity index (χ0n) is 14.6. The van der Waals surface area contributed by atoms with E-state index in [2.05, 4.69) is 5.43 Å². The number of carbonyl (C=O) groups excluding carboxylic acids is 2. The van der Waals surface area contributed by atoms with Crippen LogP contribution in [0.25, 0.3) is 0 Å². The summed E-state index contributed by atoms with van der Waals surface area (Å²) in [5.74, 6) is 0.164. The third kappa shape index (κ3) is 6.64. The Morgan fingerprint density at radius 1 is 1.41 bits per heavy atom. The van der Waals surface area contributed by atoms with E-state index in [1.165, 1.54) is 0 Å². The van der Waals surface area contributed by atoms with Gasteiger partial charge in [-0.05, 0) is 53.9 Å². The van der Waals surface area contributed by atoms with Crippen LogP contribution in [0.4, 0.5) is 4.79 Å². The zero-order valence-corrected chi connectivity index (χ0v) is 14.6. The minimum Gasteiger partial charge on any atom is -0.444 e. The third-order valence-electron chi connectivity index (χ3n) is 3.57. The van der Waals surface area contributed by atoms with Gasteiger partial charge in [0.05, 0.1) is 0 Å². The topological polar surface area (TPSA) is 61.9 Å². The summed E-state index contributed by atoms with van der Waals surface area (Å²) in [5, 5.41) is 1.72. The fourth-order valence-corrected chi connectivity index (χ4v) is 2.33. The molecule has 1 aliphatic rings. The standard InChI is InChI=1S/C16H31N3O3/c1-6-18(15(21)22-16(3,4)5)12-10-13(2)17-19-11-8-7-9-14(19)20/h13,17H,6-12H2,1-5H3. The smallest absolute Gasteiger partial charge is 0.410 e. The maximum absolute atomic E-state index is 12.1. The summed E-state index contributed by atoms with van der Waals surface area (Å²) in [4.78, 5) is 25.5. The first-order chi connectivity index (χ1) is 10.2. The van der Waals surface area contributed by atoms with E-state index in [9.17, 15) is 9.59 Å². The van der Waals surface area contributed by atoms with E-state index in [0.29, 0.717) is 19.5 Å². The lowest BCUT2D eigenvalue weighted by Crippen LogP contribution is -2.50. The fourth-order valence-electron chi connectivity index (χ4n) is 2.33. The van der Waals surface area contributed by atoms with Gasteiger partial charge >= 0.3 is 6.09 Å². The Morgan fingerprint density at radius 2 is 2.09 bits per heavy atom. The Kier molecular flexibility index (Phi) is 7.13. The summed E-state index contributed by atoms with van der Waals surface area (Å²) in [6, 6.07) is 0.138. The van der Waals surface area contributed by atoms with Crippen LogP contribution in [0, 0.1) is 0 Å². The first kappa shape index (κ1) is 18.7. The van der Waals surface area contributed by atoms with Crippen molar-refractivity contribution in [1.82, 2.24) is 15.3 Å². The normalized spacial score (nSPS) is 17.3. The zero-order chi connectivity index (χ0) is 16.8. The molecule has 22 heavy (non-hydrogen) atoms. The Bertz CT molecular complexity index is 379. The molecule has 0 spiro atoms. The van der Waals surface area contributed by atoms with Crippen LogP contribution < -0.4 is 5.43 Å². The van der Waals surface area contributed by atoms with E-state index in [1.807, 2.05) is 34.6 Å². The first-order valence-electron chi connectivity index (χ1n) is 8.27. The molecule has 1 N–H and O–H groups in total. The summed E-state index contributed by atoms with van der Waals surface area (Å²) >= 11 is 0. The number of nitrogens with one attached hydrogen (secondary N) is 1. The lowest BCUT2D eigenvalue weighted by Gasteiger charge is -2.31. The van der Waals surface area contributed by atoms with Gasteiger partial charge in [0.2, 0.25) is 5.91 Å². The highest BCUT2D eigenvalue weighted by atomic mass is 16.6. The molecule has 0 bridgehead atoms. The second kappa shape index (κ2) is 8.36. The average molecular weight is 313 g/mol. The number of piperidine rings is 1. The highest BCUT2D eigenvalue weighted by Crippen LogP contribution is 2.12. The molecule has 2 amide bonds. The average Bonchev–Trinajstić information content (AvgIpc) is 2.40. The van der Waals surface area contributed by atoms with Crippen LogP contribution in [-0.4, -0.2) is 53.2 Å². The SMILES string of the molecule is CCN(CCC(C)NN1CCCCC1=O)C(=O)OC(C)(C)C. The molecule has 1 atom stereocenters. The molecule has 1 saturated heterocycles. The van der Waals surface area contributed by atoms with Gasteiger partial charge in [0.25, 0.3) is 0 Å². The quantitative estimate of drug-likeness (QED) is 0.818. The lowest BCUT2D eigenvalue weighted by molar-refractivity contribution is -0.137. The number of ether oxygens (including phenoxy) is 1. The summed E-state index contributed by atoms with van der Waals surface area (Å²) in [6.45, 7) is 11.6. The van der Waals surface area contributed by atoms with Crippen molar-refractivity contribution < 1.29 is 14.3 Å². The molecule has 0 aromatic heterocycles. The van der Waals surface area contributed by atoms with Crippen molar-refractivity contribution in [3.8, 4) is 0 Å². The van der Waals surface area contributed by atoms with Gasteiger partial charge in [-0.3, -0.25) is 9.80 Å².